The van der Waals surface area contributed by atoms with Crippen LogP contribution >= 0.6 is 0 Å². The van der Waals surface area contributed by atoms with Gasteiger partial charge in [0, 0.05) is 12.6 Å². The fraction of sp³-hybridized carbons (Fsp3) is 0.467. The predicted octanol–water partition coefficient (Wildman–Crippen LogP) is 0.456. The molecule has 2 heterocycles. The molecule has 0 aliphatic carbocycles. The summed E-state index contributed by atoms with van der Waals surface area (Å²) in [7, 11) is 3.11. The molecule has 0 aromatic heterocycles. The van der Waals surface area contributed by atoms with Gasteiger partial charge in [-0.05, 0) is 18.6 Å². The number of rotatable bonds is 4. The summed E-state index contributed by atoms with van der Waals surface area (Å²) in [6, 6.07) is 3.03. The Labute approximate surface area is 133 Å². The smallest absolute Gasteiger partial charge is 0.259 e. The average molecular weight is 318 g/mol. The number of carbonyl (C=O) groups excluding carboxylic acids is 2. The second kappa shape index (κ2) is 5.62. The Kier molecular flexibility index (Phi) is 3.77. The first-order valence-corrected chi connectivity index (χ1v) is 7.26. The number of hydrogen-bond donors (Lipinski definition) is 1. The van der Waals surface area contributed by atoms with Gasteiger partial charge in [-0.25, -0.2) is 0 Å². The molecule has 0 spiro atoms. The summed E-state index contributed by atoms with van der Waals surface area (Å²) in [5, 5.41) is 18.9. The molecule has 1 aromatic carbocycles. The van der Waals surface area contributed by atoms with Crippen molar-refractivity contribution in [1.29, 1.82) is 0 Å². The van der Waals surface area contributed by atoms with Gasteiger partial charge < -0.3 is 9.84 Å². The largest absolute Gasteiger partial charge is 0.496 e. The molecule has 0 unspecified atom stereocenters. The zero-order valence-corrected chi connectivity index (χ0v) is 13.1. The van der Waals surface area contributed by atoms with E-state index < -0.39 is 29.9 Å². The highest BCUT2D eigenvalue weighted by molar-refractivity contribution is 6.09. The zero-order chi connectivity index (χ0) is 16.7. The molecular weight excluding hydrogens is 300 g/mol. The highest BCUT2D eigenvalue weighted by Crippen LogP contribution is 2.37. The van der Waals surface area contributed by atoms with Crippen molar-refractivity contribution in [3.63, 3.8) is 0 Å². The second-order valence-electron chi connectivity index (χ2n) is 5.60. The van der Waals surface area contributed by atoms with Crippen molar-refractivity contribution in [1.82, 2.24) is 9.91 Å². The number of likely N-dealkylation sites (tertiary alicyclic amines) is 1. The first kappa shape index (κ1) is 15.4. The third-order valence-corrected chi connectivity index (χ3v) is 4.32. The quantitative estimate of drug-likeness (QED) is 0.814. The van der Waals surface area contributed by atoms with Crippen LogP contribution < -0.4 is 4.74 Å². The van der Waals surface area contributed by atoms with Crippen LogP contribution in [-0.2, 0) is 9.59 Å². The van der Waals surface area contributed by atoms with Crippen LogP contribution in [0.4, 0.5) is 0 Å². The summed E-state index contributed by atoms with van der Waals surface area (Å²) in [6.07, 6.45) is 0. The van der Waals surface area contributed by atoms with E-state index in [2.05, 4.69) is 10.3 Å². The Morgan fingerprint density at radius 2 is 2.09 bits per heavy atom. The van der Waals surface area contributed by atoms with Gasteiger partial charge in [0.15, 0.2) is 12.1 Å². The van der Waals surface area contributed by atoms with Gasteiger partial charge in [-0.3, -0.25) is 19.5 Å². The third kappa shape index (κ3) is 2.17. The fourth-order valence-electron chi connectivity index (χ4n) is 3.20. The second-order valence-corrected chi connectivity index (χ2v) is 5.60. The van der Waals surface area contributed by atoms with Crippen molar-refractivity contribution in [2.45, 2.75) is 25.0 Å². The predicted molar refractivity (Wildman–Crippen MR) is 79.6 cm³/mol. The first-order valence-electron chi connectivity index (χ1n) is 7.26. The molecule has 3 rings (SSSR count). The van der Waals surface area contributed by atoms with Gasteiger partial charge in [0.2, 0.25) is 0 Å². The van der Waals surface area contributed by atoms with Crippen LogP contribution in [0.15, 0.2) is 28.5 Å². The van der Waals surface area contributed by atoms with Gasteiger partial charge in [0.05, 0.1) is 19.8 Å². The molecule has 122 valence electrons. The minimum Gasteiger partial charge on any atom is -0.496 e. The summed E-state index contributed by atoms with van der Waals surface area (Å²) < 4.78 is 5.34. The summed E-state index contributed by atoms with van der Waals surface area (Å²) >= 11 is 0. The van der Waals surface area contributed by atoms with Crippen molar-refractivity contribution >= 4 is 11.8 Å². The lowest BCUT2D eigenvalue weighted by atomic mass is 9.99. The van der Waals surface area contributed by atoms with Crippen molar-refractivity contribution in [3.8, 4) is 5.75 Å². The number of amides is 2. The van der Waals surface area contributed by atoms with Gasteiger partial charge in [-0.15, -0.1) is 0 Å². The van der Waals surface area contributed by atoms with E-state index in [-0.39, 0.29) is 6.61 Å². The molecule has 23 heavy (non-hydrogen) atoms. The maximum absolute atomic E-state index is 12.7. The number of carbonyl (C=O) groups is 2. The molecule has 1 fully saturated rings. The van der Waals surface area contributed by atoms with Crippen LogP contribution in [-0.4, -0.2) is 59.7 Å². The summed E-state index contributed by atoms with van der Waals surface area (Å²) in [5.74, 6) is -0.328. The van der Waals surface area contributed by atoms with E-state index >= 15 is 0 Å². The molecule has 8 heteroatoms. The van der Waals surface area contributed by atoms with Crippen LogP contribution in [0.5, 0.6) is 5.75 Å². The number of aryl methyl sites for hydroxylation is 1. The van der Waals surface area contributed by atoms with E-state index in [9.17, 15) is 14.7 Å². The lowest BCUT2D eigenvalue weighted by Gasteiger charge is -2.28. The molecule has 0 saturated carbocycles. The van der Waals surface area contributed by atoms with Gasteiger partial charge in [0.25, 0.3) is 11.8 Å². The Morgan fingerprint density at radius 1 is 1.35 bits per heavy atom. The number of hydrogen-bond acceptors (Lipinski definition) is 7. The summed E-state index contributed by atoms with van der Waals surface area (Å²) in [5.41, 5.74) is 1.45. The zero-order valence-electron chi connectivity index (χ0n) is 13.1. The van der Waals surface area contributed by atoms with Crippen molar-refractivity contribution in [3.05, 3.63) is 29.3 Å². The lowest BCUT2D eigenvalue weighted by Crippen LogP contribution is -2.40. The summed E-state index contributed by atoms with van der Waals surface area (Å²) in [4.78, 5) is 26.4. The maximum atomic E-state index is 12.7. The molecule has 8 nitrogen and oxygen atoms in total. The molecule has 1 aromatic rings. The molecule has 0 radical (unpaired) electrons. The lowest BCUT2D eigenvalue weighted by molar-refractivity contribution is -0.144. The number of methoxy groups -OCH3 is 1. The Hall–Kier alpha value is -2.48. The van der Waals surface area contributed by atoms with E-state index in [1.54, 1.807) is 13.1 Å². The summed E-state index contributed by atoms with van der Waals surface area (Å²) in [6.45, 7) is 1.46. The highest BCUT2D eigenvalue weighted by atomic mass is 16.5. The minimum atomic E-state index is -0.837. The molecule has 2 amide bonds. The molecule has 1 N–H and O–H groups in total. The van der Waals surface area contributed by atoms with Crippen molar-refractivity contribution < 1.29 is 19.4 Å². The molecular formula is C15H18N4O4. The number of fused-ring (bicyclic) bond motifs is 1. The molecule has 3 atom stereocenters. The molecule has 2 aliphatic heterocycles. The van der Waals surface area contributed by atoms with Gasteiger partial charge >= 0.3 is 0 Å². The standard InChI is InChI=1S/C15H18N4O4/c1-8-5-4-6-10(23-3)11(8)9(7-20)19-14(21)12-13(15(19)22)18(2)17-16-12/h4-6,9,12-13,20H,7H2,1-3H3/t9-,12+,13-/m1/s1. The van der Waals surface area contributed by atoms with Crippen LogP contribution in [0, 0.1) is 6.92 Å². The Bertz CT molecular complexity index is 690. The third-order valence-electron chi connectivity index (χ3n) is 4.32. The van der Waals surface area contributed by atoms with Crippen LogP contribution in [0.2, 0.25) is 0 Å². The monoisotopic (exact) mass is 318 g/mol. The number of ether oxygens (including phenoxy) is 1. The number of imide groups is 1. The normalized spacial score (nSPS) is 24.3. The van der Waals surface area contributed by atoms with E-state index in [1.165, 1.54) is 12.1 Å². The van der Waals surface area contributed by atoms with Gasteiger partial charge in [0.1, 0.15) is 5.75 Å². The fourth-order valence-corrected chi connectivity index (χ4v) is 3.20. The number of benzene rings is 1. The average Bonchev–Trinajstić information content (AvgIpc) is 3.03. The van der Waals surface area contributed by atoms with Gasteiger partial charge in [-0.1, -0.05) is 17.4 Å². The topological polar surface area (TPSA) is 94.8 Å². The van der Waals surface area contributed by atoms with Crippen molar-refractivity contribution in [2.75, 3.05) is 20.8 Å². The van der Waals surface area contributed by atoms with E-state index in [4.69, 9.17) is 4.74 Å². The van der Waals surface area contributed by atoms with E-state index in [1.807, 2.05) is 19.1 Å². The first-order chi connectivity index (χ1) is 11.0. The molecule has 0 bridgehead atoms. The minimum absolute atomic E-state index is 0.390. The maximum Gasteiger partial charge on any atom is 0.259 e. The Morgan fingerprint density at radius 3 is 2.70 bits per heavy atom. The molecule has 2 aliphatic rings. The van der Waals surface area contributed by atoms with Crippen molar-refractivity contribution in [2.24, 2.45) is 10.3 Å². The number of nitrogens with zero attached hydrogens (tertiary/aromatic N) is 4. The number of aliphatic hydroxyl groups excluding tert-OH is 1. The van der Waals surface area contributed by atoms with E-state index in [0.29, 0.717) is 11.3 Å². The van der Waals surface area contributed by atoms with Gasteiger partial charge in [-0.2, -0.15) is 5.11 Å². The number of likely N-dealkylation sites (N-methyl/N-ethyl adjacent to an activating group) is 1. The number of aliphatic hydroxyl groups is 1. The highest BCUT2D eigenvalue weighted by Gasteiger charge is 2.55. The van der Waals surface area contributed by atoms with Crippen LogP contribution in [0.1, 0.15) is 17.2 Å². The van der Waals surface area contributed by atoms with Crippen LogP contribution in [0.3, 0.4) is 0 Å². The van der Waals surface area contributed by atoms with Crippen LogP contribution in [0.25, 0.3) is 0 Å². The SMILES string of the molecule is COc1cccc(C)c1[C@@H](CO)N1C(=O)[C@H]2N=NN(C)[C@H]2C1=O. The Balaban J connectivity index is 2.04. The molecule has 1 saturated heterocycles. The van der Waals surface area contributed by atoms with E-state index in [0.717, 1.165) is 10.5 Å².